The van der Waals surface area contributed by atoms with Crippen molar-refractivity contribution in [3.05, 3.63) is 12.2 Å². The van der Waals surface area contributed by atoms with Crippen LogP contribution in [0.4, 0.5) is 0 Å². The minimum atomic E-state index is -1.26. The number of hydrogen-bond donors (Lipinski definition) is 5. The Labute approximate surface area is 349 Å². The van der Waals surface area contributed by atoms with Crippen LogP contribution in [0.2, 0.25) is 0 Å². The highest BCUT2D eigenvalue weighted by molar-refractivity contribution is 5.80. The number of carbonyl (C=O) groups is 1. The van der Waals surface area contributed by atoms with Gasteiger partial charge in [0.1, 0.15) is 12.2 Å². The van der Waals surface area contributed by atoms with E-state index in [0.717, 1.165) is 51.4 Å². The molecule has 6 nitrogen and oxygen atoms in total. The molecule has 0 radical (unpaired) electrons. The van der Waals surface area contributed by atoms with Crippen LogP contribution in [0.1, 0.15) is 271 Å². The fourth-order valence-electron chi connectivity index (χ4n) is 7.99. The molecule has 0 aromatic heterocycles. The van der Waals surface area contributed by atoms with Gasteiger partial charge in [-0.05, 0) is 38.5 Å². The number of rotatable bonds is 46. The molecule has 0 saturated carbocycles. The molecule has 0 bridgehead atoms. The highest BCUT2D eigenvalue weighted by Crippen LogP contribution is 2.17. The van der Waals surface area contributed by atoms with Crippen molar-refractivity contribution in [3.8, 4) is 0 Å². The molecule has 4 atom stereocenters. The van der Waals surface area contributed by atoms with E-state index in [2.05, 4.69) is 31.3 Å². The Hall–Kier alpha value is -0.950. The fraction of sp³-hybridized carbons (Fsp3) is 0.940. The van der Waals surface area contributed by atoms with Crippen LogP contribution in [0.15, 0.2) is 12.2 Å². The summed E-state index contributed by atoms with van der Waals surface area (Å²) in [5.74, 6) is -0.589. The first-order valence-corrected chi connectivity index (χ1v) is 25.1. The summed E-state index contributed by atoms with van der Waals surface area (Å²) in [6.07, 6.45) is 51.2. The van der Waals surface area contributed by atoms with Crippen molar-refractivity contribution >= 4 is 5.91 Å². The fourth-order valence-corrected chi connectivity index (χ4v) is 7.99. The summed E-state index contributed by atoms with van der Waals surface area (Å²) < 4.78 is 0. The van der Waals surface area contributed by atoms with Gasteiger partial charge in [-0.15, -0.1) is 0 Å². The Morgan fingerprint density at radius 3 is 1.04 bits per heavy atom. The maximum atomic E-state index is 12.5. The van der Waals surface area contributed by atoms with Gasteiger partial charge < -0.3 is 25.7 Å². The molecule has 4 unspecified atom stereocenters. The van der Waals surface area contributed by atoms with Crippen LogP contribution in [0.25, 0.3) is 0 Å². The molecule has 0 aliphatic carbocycles. The molecule has 0 fully saturated rings. The number of allylic oxidation sites excluding steroid dienone is 2. The third kappa shape index (κ3) is 38.6. The van der Waals surface area contributed by atoms with Gasteiger partial charge in [0.2, 0.25) is 5.91 Å². The quantitative estimate of drug-likeness (QED) is 0.0311. The van der Waals surface area contributed by atoms with Crippen LogP contribution >= 0.6 is 0 Å². The van der Waals surface area contributed by atoms with Crippen molar-refractivity contribution in [2.24, 2.45) is 0 Å². The van der Waals surface area contributed by atoms with E-state index in [0.29, 0.717) is 12.8 Å². The summed E-state index contributed by atoms with van der Waals surface area (Å²) in [6.45, 7) is 4.06. The lowest BCUT2D eigenvalue weighted by Gasteiger charge is -2.27. The number of unbranched alkanes of at least 4 members (excludes halogenated alkanes) is 35. The van der Waals surface area contributed by atoms with Crippen LogP contribution in [0.5, 0.6) is 0 Å². The zero-order chi connectivity index (χ0) is 41.0. The molecule has 0 aromatic rings. The predicted octanol–water partition coefficient (Wildman–Crippen LogP) is 13.7. The predicted molar refractivity (Wildman–Crippen MR) is 242 cm³/mol. The summed E-state index contributed by atoms with van der Waals surface area (Å²) in [5.41, 5.74) is 0. The number of nitrogens with one attached hydrogen (secondary N) is 1. The van der Waals surface area contributed by atoms with Crippen molar-refractivity contribution in [2.75, 3.05) is 6.61 Å². The topological polar surface area (TPSA) is 110 Å². The Bertz CT molecular complexity index is 806. The van der Waals surface area contributed by atoms with Gasteiger partial charge in [-0.3, -0.25) is 4.79 Å². The second-order valence-electron chi connectivity index (χ2n) is 17.5. The zero-order valence-corrected chi connectivity index (χ0v) is 37.7. The zero-order valence-electron chi connectivity index (χ0n) is 37.7. The first kappa shape index (κ1) is 55.0. The summed E-state index contributed by atoms with van der Waals surface area (Å²) in [7, 11) is 0. The van der Waals surface area contributed by atoms with E-state index < -0.39 is 36.9 Å². The van der Waals surface area contributed by atoms with Crippen molar-refractivity contribution in [1.29, 1.82) is 0 Å². The Kier molecular flexibility index (Phi) is 44.4. The molecule has 0 heterocycles. The number of carbonyl (C=O) groups excluding carboxylic acids is 1. The van der Waals surface area contributed by atoms with Crippen molar-refractivity contribution < 1.29 is 25.2 Å². The maximum Gasteiger partial charge on any atom is 0.249 e. The summed E-state index contributed by atoms with van der Waals surface area (Å²) >= 11 is 0. The first-order valence-electron chi connectivity index (χ1n) is 25.1. The van der Waals surface area contributed by atoms with E-state index in [1.54, 1.807) is 0 Å². The average molecular weight is 794 g/mol. The monoisotopic (exact) mass is 794 g/mol. The lowest BCUT2D eigenvalue weighted by Crippen LogP contribution is -2.53. The van der Waals surface area contributed by atoms with Crippen molar-refractivity contribution in [3.63, 3.8) is 0 Å². The highest BCUT2D eigenvalue weighted by Gasteiger charge is 2.28. The maximum absolute atomic E-state index is 12.5. The van der Waals surface area contributed by atoms with E-state index >= 15 is 0 Å². The molecule has 1 amide bonds. The first-order chi connectivity index (χ1) is 27.5. The minimum Gasteiger partial charge on any atom is -0.394 e. The molecule has 0 aliphatic rings. The van der Waals surface area contributed by atoms with Gasteiger partial charge in [-0.25, -0.2) is 0 Å². The summed E-state index contributed by atoms with van der Waals surface area (Å²) in [5, 5.41) is 43.8. The van der Waals surface area contributed by atoms with Crippen LogP contribution in [0.3, 0.4) is 0 Å². The SMILES string of the molecule is CCCCCCCCC/C=C\CCCCCCC(O)C(=O)NC(CO)C(O)C(O)CCCCCCCCCCCCCCCCCCCCCCCCCCC. The number of aliphatic hydroxyl groups is 4. The molecular formula is C50H99NO5. The van der Waals surface area contributed by atoms with Crippen molar-refractivity contribution in [1.82, 2.24) is 5.32 Å². The second kappa shape index (κ2) is 45.1. The molecule has 0 aliphatic heterocycles. The molecule has 0 saturated heterocycles. The number of hydrogen-bond acceptors (Lipinski definition) is 5. The lowest BCUT2D eigenvalue weighted by atomic mass is 9.99. The van der Waals surface area contributed by atoms with Gasteiger partial charge in [0, 0.05) is 0 Å². The molecule has 56 heavy (non-hydrogen) atoms. The number of amides is 1. The van der Waals surface area contributed by atoms with Crippen LogP contribution < -0.4 is 5.32 Å². The van der Waals surface area contributed by atoms with Crippen molar-refractivity contribution in [2.45, 2.75) is 295 Å². The van der Waals surface area contributed by atoms with E-state index in [1.807, 2.05) is 0 Å². The van der Waals surface area contributed by atoms with Gasteiger partial charge in [0.15, 0.2) is 0 Å². The lowest BCUT2D eigenvalue weighted by molar-refractivity contribution is -0.132. The Morgan fingerprint density at radius 2 is 0.714 bits per heavy atom. The summed E-state index contributed by atoms with van der Waals surface area (Å²) in [6, 6.07) is -0.987. The average Bonchev–Trinajstić information content (AvgIpc) is 3.20. The third-order valence-corrected chi connectivity index (χ3v) is 12.0. The smallest absolute Gasteiger partial charge is 0.249 e. The standard InChI is InChI=1S/C50H99NO5/c1-3-5-7-9-11-13-15-17-19-20-21-22-23-24-25-26-27-28-30-31-33-35-37-39-41-43-47(53)49(55)46(45-52)51-50(56)48(54)44-42-40-38-36-34-32-29-18-16-14-12-10-8-6-4-2/h29,32,46-49,52-55H,3-28,30-31,33-45H2,1-2H3,(H,51,56)/b32-29-. The minimum absolute atomic E-state index is 0.357. The van der Waals surface area contributed by atoms with Crippen LogP contribution in [-0.2, 0) is 4.79 Å². The molecule has 334 valence electrons. The Morgan fingerprint density at radius 1 is 0.429 bits per heavy atom. The molecular weight excluding hydrogens is 695 g/mol. The second-order valence-corrected chi connectivity index (χ2v) is 17.5. The molecule has 0 rings (SSSR count). The van der Waals surface area contributed by atoms with E-state index in [4.69, 9.17) is 0 Å². The summed E-state index contributed by atoms with van der Waals surface area (Å²) in [4.78, 5) is 12.5. The van der Waals surface area contributed by atoms with Gasteiger partial charge in [0.05, 0.1) is 18.8 Å². The Balaban J connectivity index is 3.63. The van der Waals surface area contributed by atoms with Crippen LogP contribution in [-0.4, -0.2) is 57.3 Å². The molecule has 0 spiro atoms. The van der Waals surface area contributed by atoms with Gasteiger partial charge in [-0.2, -0.15) is 0 Å². The van der Waals surface area contributed by atoms with Gasteiger partial charge in [-0.1, -0.05) is 244 Å². The molecule has 5 N–H and O–H groups in total. The molecule has 6 heteroatoms. The third-order valence-electron chi connectivity index (χ3n) is 12.0. The van der Waals surface area contributed by atoms with E-state index in [-0.39, 0.29) is 0 Å². The highest BCUT2D eigenvalue weighted by atomic mass is 16.3. The van der Waals surface area contributed by atoms with E-state index in [9.17, 15) is 25.2 Å². The molecule has 0 aromatic carbocycles. The normalized spacial score (nSPS) is 14.0. The largest absolute Gasteiger partial charge is 0.394 e. The number of aliphatic hydroxyl groups excluding tert-OH is 4. The van der Waals surface area contributed by atoms with Gasteiger partial charge >= 0.3 is 0 Å². The van der Waals surface area contributed by atoms with Gasteiger partial charge in [0.25, 0.3) is 0 Å². The van der Waals surface area contributed by atoms with E-state index in [1.165, 1.54) is 193 Å². The van der Waals surface area contributed by atoms with Crippen LogP contribution in [0, 0.1) is 0 Å².